The number of epoxide rings is 1. The highest BCUT2D eigenvalue weighted by atomic mass is 32.1. The Morgan fingerprint density at radius 3 is 2.25 bits per heavy atom. The van der Waals surface area contributed by atoms with Crippen LogP contribution in [0.3, 0.4) is 0 Å². The average molecular weight is 363 g/mol. The normalized spacial score (nSPS) is 34.0. The minimum absolute atomic E-state index is 0.170. The van der Waals surface area contributed by atoms with Crippen LogP contribution in [0.4, 0.5) is 0 Å². The predicted molar refractivity (Wildman–Crippen MR) is 90.1 cm³/mol. The number of hydrogen-bond donors (Lipinski definition) is 2. The molecule has 2 bridgehead atoms. The molecule has 1 unspecified atom stereocenters. The second-order valence-corrected chi connectivity index (χ2v) is 8.50. The fraction of sp³-hybridized carbons (Fsp3) is 0.471. The van der Waals surface area contributed by atoms with Crippen molar-refractivity contribution in [2.24, 2.45) is 0 Å². The lowest BCUT2D eigenvalue weighted by molar-refractivity contribution is -0.169. The number of esters is 1. The third kappa shape index (κ3) is 2.19. The first-order valence-corrected chi connectivity index (χ1v) is 9.85. The van der Waals surface area contributed by atoms with Crippen molar-refractivity contribution in [1.29, 1.82) is 0 Å². The molecule has 2 aromatic rings. The number of ether oxygens (including phenoxy) is 2. The first kappa shape index (κ1) is 15.0. The highest BCUT2D eigenvalue weighted by Gasteiger charge is 2.60. The molecule has 0 amide bonds. The Bertz CT molecular complexity index is 694. The number of hydrogen-bond acceptors (Lipinski definition) is 7. The smallest absolute Gasteiger partial charge is 0.349 e. The Kier molecular flexibility index (Phi) is 3.37. The lowest BCUT2D eigenvalue weighted by Crippen LogP contribution is -2.48. The number of piperidine rings is 1. The van der Waals surface area contributed by atoms with Crippen LogP contribution in [-0.4, -0.2) is 41.5 Å². The monoisotopic (exact) mass is 363 g/mol. The molecular formula is C17H17NO4S2. The van der Waals surface area contributed by atoms with Gasteiger partial charge in [-0.2, -0.15) is 0 Å². The molecule has 0 radical (unpaired) electrons. The highest BCUT2D eigenvalue weighted by Crippen LogP contribution is 2.44. The molecule has 2 aromatic heterocycles. The fourth-order valence-electron chi connectivity index (χ4n) is 3.94. The minimum Gasteiger partial charge on any atom is -0.460 e. The summed E-state index contributed by atoms with van der Waals surface area (Å²) in [6.07, 6.45) is 1.89. The Labute approximate surface area is 147 Å². The molecule has 3 aliphatic heterocycles. The Morgan fingerprint density at radius 2 is 1.75 bits per heavy atom. The van der Waals surface area contributed by atoms with Gasteiger partial charge < -0.3 is 19.9 Å². The van der Waals surface area contributed by atoms with Crippen LogP contribution in [0.1, 0.15) is 22.6 Å². The number of nitrogens with one attached hydrogen (secondary N) is 1. The van der Waals surface area contributed by atoms with E-state index < -0.39 is 11.6 Å². The standard InChI is InChI=1S/C17H17NO4S2/c19-16(21-9-7-10-14-15(22-14)11(8-9)18-10)17(20,12-3-1-5-23-12)13-4-2-6-24-13/h1-6,9-11,14-15,18,20H,7-8H2/t9?,10-,11+,14-,15+. The molecule has 0 saturated carbocycles. The van der Waals surface area contributed by atoms with Gasteiger partial charge in [0, 0.05) is 24.9 Å². The van der Waals surface area contributed by atoms with E-state index in [1.807, 2.05) is 22.9 Å². The van der Waals surface area contributed by atoms with Gasteiger partial charge in [-0.3, -0.25) is 0 Å². The lowest BCUT2D eigenvalue weighted by Gasteiger charge is -2.33. The van der Waals surface area contributed by atoms with Gasteiger partial charge in [0.15, 0.2) is 0 Å². The first-order chi connectivity index (χ1) is 11.7. The van der Waals surface area contributed by atoms with Crippen molar-refractivity contribution >= 4 is 28.6 Å². The number of carbonyl (C=O) groups excluding carboxylic acids is 1. The SMILES string of the molecule is O=C(OC1C[C@@H]2N[C@H](C1)[C@H]1O[C@H]12)C(O)(c1cccs1)c1cccs1. The van der Waals surface area contributed by atoms with Crippen molar-refractivity contribution in [1.82, 2.24) is 5.32 Å². The van der Waals surface area contributed by atoms with E-state index in [1.54, 1.807) is 12.1 Å². The summed E-state index contributed by atoms with van der Waals surface area (Å²) in [6, 6.07) is 7.76. The van der Waals surface area contributed by atoms with Crippen LogP contribution in [0.25, 0.3) is 0 Å². The van der Waals surface area contributed by atoms with Crippen LogP contribution in [0.5, 0.6) is 0 Å². The van der Waals surface area contributed by atoms with Crippen LogP contribution in [0.15, 0.2) is 35.0 Å². The van der Waals surface area contributed by atoms with Crippen LogP contribution in [-0.2, 0) is 19.9 Å². The molecule has 24 heavy (non-hydrogen) atoms. The van der Waals surface area contributed by atoms with Gasteiger partial charge in [0.2, 0.25) is 5.60 Å². The van der Waals surface area contributed by atoms with Gasteiger partial charge >= 0.3 is 5.97 Å². The van der Waals surface area contributed by atoms with E-state index in [2.05, 4.69) is 5.32 Å². The highest BCUT2D eigenvalue weighted by molar-refractivity contribution is 7.12. The molecular weight excluding hydrogens is 346 g/mol. The molecule has 0 aliphatic carbocycles. The molecule has 2 N–H and O–H groups in total. The molecule has 3 aliphatic rings. The number of rotatable bonds is 4. The third-order valence-corrected chi connectivity index (χ3v) is 7.10. The van der Waals surface area contributed by atoms with Gasteiger partial charge in [-0.25, -0.2) is 4.79 Å². The van der Waals surface area contributed by atoms with Crippen LogP contribution < -0.4 is 5.32 Å². The summed E-state index contributed by atoms with van der Waals surface area (Å²) in [6.45, 7) is 0. The minimum atomic E-state index is -1.72. The van der Waals surface area contributed by atoms with Gasteiger partial charge in [-0.15, -0.1) is 22.7 Å². The van der Waals surface area contributed by atoms with E-state index >= 15 is 0 Å². The molecule has 7 heteroatoms. The Balaban J connectivity index is 1.39. The van der Waals surface area contributed by atoms with Crippen molar-refractivity contribution in [3.63, 3.8) is 0 Å². The third-order valence-electron chi connectivity index (χ3n) is 5.14. The zero-order valence-corrected chi connectivity index (χ0v) is 14.4. The van der Waals surface area contributed by atoms with Crippen LogP contribution in [0, 0.1) is 0 Å². The maximum absolute atomic E-state index is 12.9. The first-order valence-electron chi connectivity index (χ1n) is 8.09. The fourth-order valence-corrected chi connectivity index (χ4v) is 5.65. The van der Waals surface area contributed by atoms with Gasteiger partial charge in [0.25, 0.3) is 0 Å². The maximum atomic E-state index is 12.9. The summed E-state index contributed by atoms with van der Waals surface area (Å²) in [4.78, 5) is 14.1. The lowest BCUT2D eigenvalue weighted by atomic mass is 9.98. The average Bonchev–Trinajstić information content (AvgIpc) is 2.99. The van der Waals surface area contributed by atoms with Crippen molar-refractivity contribution < 1.29 is 19.4 Å². The Hall–Kier alpha value is -1.25. The van der Waals surface area contributed by atoms with Crippen LogP contribution >= 0.6 is 22.7 Å². The van der Waals surface area contributed by atoms with Gasteiger partial charge in [0.05, 0.1) is 9.75 Å². The molecule has 126 valence electrons. The predicted octanol–water partition coefficient (Wildman–Crippen LogP) is 1.86. The van der Waals surface area contributed by atoms with Gasteiger partial charge in [-0.1, -0.05) is 12.1 Å². The van der Waals surface area contributed by atoms with Gasteiger partial charge in [0.1, 0.15) is 18.3 Å². The summed E-state index contributed by atoms with van der Waals surface area (Å²) >= 11 is 2.73. The molecule has 3 saturated heterocycles. The number of carbonyl (C=O) groups is 1. The number of morpholine rings is 1. The zero-order chi connectivity index (χ0) is 16.3. The Morgan fingerprint density at radius 1 is 1.17 bits per heavy atom. The summed E-state index contributed by atoms with van der Waals surface area (Å²) in [5, 5.41) is 18.5. The largest absolute Gasteiger partial charge is 0.460 e. The van der Waals surface area contributed by atoms with Crippen molar-refractivity contribution in [3.8, 4) is 0 Å². The zero-order valence-electron chi connectivity index (χ0n) is 12.8. The van der Waals surface area contributed by atoms with E-state index in [1.165, 1.54) is 22.7 Å². The molecule has 3 fully saturated rings. The number of aliphatic hydroxyl groups is 1. The van der Waals surface area contributed by atoms with Crippen molar-refractivity contribution in [2.45, 2.75) is 48.8 Å². The number of thiophene rings is 2. The quantitative estimate of drug-likeness (QED) is 0.641. The summed E-state index contributed by atoms with van der Waals surface area (Å²) in [7, 11) is 0. The van der Waals surface area contributed by atoms with E-state index in [9.17, 15) is 9.90 Å². The molecule has 5 atom stereocenters. The topological polar surface area (TPSA) is 71.1 Å². The van der Waals surface area contributed by atoms with Crippen molar-refractivity contribution in [3.05, 3.63) is 44.8 Å². The maximum Gasteiger partial charge on any atom is 0.349 e. The van der Waals surface area contributed by atoms with Gasteiger partial charge in [-0.05, 0) is 22.9 Å². The van der Waals surface area contributed by atoms with Crippen LogP contribution in [0.2, 0.25) is 0 Å². The van der Waals surface area contributed by atoms with E-state index in [4.69, 9.17) is 9.47 Å². The number of fused-ring (bicyclic) bond motifs is 5. The summed E-state index contributed by atoms with van der Waals surface area (Å²) in [5.74, 6) is -0.576. The van der Waals surface area contributed by atoms with Crippen molar-refractivity contribution in [2.75, 3.05) is 0 Å². The molecule has 0 aromatic carbocycles. The summed E-state index contributed by atoms with van der Waals surface area (Å²) < 4.78 is 11.4. The van der Waals surface area contributed by atoms with E-state index in [0.29, 0.717) is 9.75 Å². The van der Waals surface area contributed by atoms with E-state index in [0.717, 1.165) is 12.8 Å². The van der Waals surface area contributed by atoms with E-state index in [-0.39, 0.29) is 30.4 Å². The molecule has 0 spiro atoms. The second-order valence-electron chi connectivity index (χ2n) is 6.61. The molecule has 5 rings (SSSR count). The molecule has 5 heterocycles. The second kappa shape index (κ2) is 5.37. The molecule has 5 nitrogen and oxygen atoms in total. The summed E-state index contributed by atoms with van der Waals surface area (Å²) in [5.41, 5.74) is -1.72.